The van der Waals surface area contributed by atoms with Gasteiger partial charge < -0.3 is 14.7 Å². The number of nitrogens with zero attached hydrogens (tertiary/aromatic N) is 2. The molecule has 3 rings (SSSR count). The highest BCUT2D eigenvalue weighted by molar-refractivity contribution is 7.17. The number of aliphatic hydroxyl groups is 1. The van der Waals surface area contributed by atoms with Gasteiger partial charge in [0.1, 0.15) is 15.6 Å². The van der Waals surface area contributed by atoms with Crippen LogP contribution in [0, 0.1) is 6.92 Å². The Morgan fingerprint density at radius 1 is 1.31 bits per heavy atom. The molecule has 0 spiro atoms. The second-order valence-electron chi connectivity index (χ2n) is 6.98. The fourth-order valence-electron chi connectivity index (χ4n) is 3.46. The lowest BCUT2D eigenvalue weighted by molar-refractivity contribution is 0.0158. The molecule has 26 heavy (non-hydrogen) atoms. The molecule has 1 aromatic heterocycles. The SMILES string of the molecule is CCOc1ccc(-c2nc(C)c(C(=O)N(C)CC3(O)CCCC3)s2)cc1. The van der Waals surface area contributed by atoms with Crippen LogP contribution in [0.25, 0.3) is 10.6 Å². The number of carbonyl (C=O) groups is 1. The molecule has 140 valence electrons. The van der Waals surface area contributed by atoms with Crippen molar-refractivity contribution in [2.45, 2.75) is 45.1 Å². The van der Waals surface area contributed by atoms with Gasteiger partial charge in [0, 0.05) is 19.2 Å². The van der Waals surface area contributed by atoms with Crippen LogP contribution in [0.1, 0.15) is 48.0 Å². The first-order valence-electron chi connectivity index (χ1n) is 9.10. The molecule has 0 atom stereocenters. The molecule has 1 N–H and O–H groups in total. The normalized spacial score (nSPS) is 15.8. The summed E-state index contributed by atoms with van der Waals surface area (Å²) in [5, 5.41) is 11.4. The standard InChI is InChI=1S/C20H26N2O3S/c1-4-25-16-9-7-15(8-10-16)18-21-14(2)17(26-18)19(23)22(3)13-20(24)11-5-6-12-20/h7-10,24H,4-6,11-13H2,1-3H3. The number of ether oxygens (including phenoxy) is 1. The van der Waals surface area contributed by atoms with E-state index in [0.717, 1.165) is 47.7 Å². The summed E-state index contributed by atoms with van der Waals surface area (Å²) in [4.78, 5) is 19.7. The second-order valence-corrected chi connectivity index (χ2v) is 7.98. The molecular formula is C20H26N2O3S. The van der Waals surface area contributed by atoms with Gasteiger partial charge >= 0.3 is 0 Å². The Bertz CT molecular complexity index is 764. The highest BCUT2D eigenvalue weighted by Gasteiger charge is 2.34. The maximum atomic E-state index is 12.8. The number of likely N-dealkylation sites (N-methyl/N-ethyl adjacent to an activating group) is 1. The molecule has 0 aliphatic heterocycles. The van der Waals surface area contributed by atoms with Gasteiger partial charge in [-0.15, -0.1) is 11.3 Å². The van der Waals surface area contributed by atoms with Crippen molar-refractivity contribution in [2.75, 3.05) is 20.2 Å². The van der Waals surface area contributed by atoms with Crippen LogP contribution >= 0.6 is 11.3 Å². The van der Waals surface area contributed by atoms with Crippen LogP contribution in [0.4, 0.5) is 0 Å². The number of amides is 1. The third-order valence-electron chi connectivity index (χ3n) is 4.82. The highest BCUT2D eigenvalue weighted by Crippen LogP contribution is 2.32. The number of benzene rings is 1. The van der Waals surface area contributed by atoms with Gasteiger partial charge in [0.2, 0.25) is 0 Å². The number of aryl methyl sites for hydroxylation is 1. The van der Waals surface area contributed by atoms with Crippen LogP contribution in [0.2, 0.25) is 0 Å². The third kappa shape index (κ3) is 4.07. The van der Waals surface area contributed by atoms with Crippen molar-refractivity contribution < 1.29 is 14.6 Å². The quantitative estimate of drug-likeness (QED) is 0.833. The second kappa shape index (κ2) is 7.76. The minimum Gasteiger partial charge on any atom is -0.494 e. The van der Waals surface area contributed by atoms with Crippen LogP contribution in [0.3, 0.4) is 0 Å². The Balaban J connectivity index is 1.75. The summed E-state index contributed by atoms with van der Waals surface area (Å²) < 4.78 is 5.47. The molecule has 6 heteroatoms. The zero-order valence-corrected chi connectivity index (χ0v) is 16.4. The van der Waals surface area contributed by atoms with Crippen LogP contribution in [0.15, 0.2) is 24.3 Å². The summed E-state index contributed by atoms with van der Waals surface area (Å²) >= 11 is 1.40. The van der Waals surface area contributed by atoms with E-state index in [2.05, 4.69) is 4.98 Å². The van der Waals surface area contributed by atoms with Crippen LogP contribution in [-0.4, -0.2) is 46.7 Å². The number of thiazole rings is 1. The lowest BCUT2D eigenvalue weighted by atomic mass is 10.0. The van der Waals surface area contributed by atoms with Gasteiger partial charge in [0.05, 0.1) is 17.9 Å². The number of aromatic nitrogens is 1. The molecule has 1 aliphatic rings. The van der Waals surface area contributed by atoms with Gasteiger partial charge in [-0.1, -0.05) is 12.8 Å². The number of hydrogen-bond acceptors (Lipinski definition) is 5. The van der Waals surface area contributed by atoms with Gasteiger partial charge in [-0.05, 0) is 51.0 Å². The summed E-state index contributed by atoms with van der Waals surface area (Å²) in [6.45, 7) is 4.82. The lowest BCUT2D eigenvalue weighted by Gasteiger charge is -2.28. The van der Waals surface area contributed by atoms with Crippen LogP contribution < -0.4 is 4.74 Å². The van der Waals surface area contributed by atoms with E-state index in [4.69, 9.17) is 4.74 Å². The molecule has 1 saturated carbocycles. The van der Waals surface area contributed by atoms with Crippen LogP contribution in [0.5, 0.6) is 5.75 Å². The van der Waals surface area contributed by atoms with E-state index in [1.54, 1.807) is 11.9 Å². The van der Waals surface area contributed by atoms with Gasteiger partial charge in [0.25, 0.3) is 5.91 Å². The van der Waals surface area contributed by atoms with Crippen molar-refractivity contribution in [3.63, 3.8) is 0 Å². The van der Waals surface area contributed by atoms with Crippen LogP contribution in [-0.2, 0) is 0 Å². The lowest BCUT2D eigenvalue weighted by Crippen LogP contribution is -2.42. The van der Waals surface area contributed by atoms with Gasteiger partial charge in [-0.3, -0.25) is 4.79 Å². The average molecular weight is 375 g/mol. The van der Waals surface area contributed by atoms with Crippen molar-refractivity contribution in [2.24, 2.45) is 0 Å². The fraction of sp³-hybridized carbons (Fsp3) is 0.500. The summed E-state index contributed by atoms with van der Waals surface area (Å²) in [7, 11) is 1.76. The summed E-state index contributed by atoms with van der Waals surface area (Å²) in [5.41, 5.74) is 0.966. The largest absolute Gasteiger partial charge is 0.494 e. The predicted octanol–water partition coefficient (Wildman–Crippen LogP) is 3.89. The van der Waals surface area contributed by atoms with Gasteiger partial charge in [0.15, 0.2) is 0 Å². The first-order valence-corrected chi connectivity index (χ1v) is 9.92. The van der Waals surface area contributed by atoms with Gasteiger partial charge in [-0.25, -0.2) is 4.98 Å². The van der Waals surface area contributed by atoms with E-state index in [-0.39, 0.29) is 5.91 Å². The number of carbonyl (C=O) groups excluding carboxylic acids is 1. The van der Waals surface area contributed by atoms with Crippen molar-refractivity contribution in [3.05, 3.63) is 34.8 Å². The van der Waals surface area contributed by atoms with E-state index in [1.165, 1.54) is 11.3 Å². The molecule has 1 fully saturated rings. The van der Waals surface area contributed by atoms with Crippen molar-refractivity contribution in [1.29, 1.82) is 0 Å². The first-order chi connectivity index (χ1) is 12.4. The molecule has 0 unspecified atom stereocenters. The monoisotopic (exact) mass is 374 g/mol. The Morgan fingerprint density at radius 3 is 2.58 bits per heavy atom. The molecule has 2 aromatic rings. The fourth-order valence-corrected chi connectivity index (χ4v) is 4.52. The summed E-state index contributed by atoms with van der Waals surface area (Å²) in [5.74, 6) is 0.753. The molecule has 1 aliphatic carbocycles. The first kappa shape index (κ1) is 18.9. The van der Waals surface area contributed by atoms with E-state index >= 15 is 0 Å². The Kier molecular flexibility index (Phi) is 5.63. The van der Waals surface area contributed by atoms with E-state index in [9.17, 15) is 9.90 Å². The molecule has 1 heterocycles. The summed E-state index contributed by atoms with van der Waals surface area (Å²) in [6, 6.07) is 7.75. The highest BCUT2D eigenvalue weighted by atomic mass is 32.1. The van der Waals surface area contributed by atoms with Crippen molar-refractivity contribution in [1.82, 2.24) is 9.88 Å². The van der Waals surface area contributed by atoms with E-state index in [1.807, 2.05) is 38.1 Å². The number of rotatable bonds is 6. The topological polar surface area (TPSA) is 62.7 Å². The Labute approximate surface area is 158 Å². The maximum absolute atomic E-state index is 12.8. The van der Waals surface area contributed by atoms with E-state index < -0.39 is 5.60 Å². The zero-order chi connectivity index (χ0) is 18.7. The molecular weight excluding hydrogens is 348 g/mol. The summed E-state index contributed by atoms with van der Waals surface area (Å²) in [6.07, 6.45) is 3.59. The molecule has 5 nitrogen and oxygen atoms in total. The van der Waals surface area contributed by atoms with E-state index in [0.29, 0.717) is 18.0 Å². The minimum atomic E-state index is -0.735. The third-order valence-corrected chi connectivity index (χ3v) is 6.01. The Hall–Kier alpha value is -1.92. The van der Waals surface area contributed by atoms with Gasteiger partial charge in [-0.2, -0.15) is 0 Å². The molecule has 1 aromatic carbocycles. The Morgan fingerprint density at radius 2 is 1.96 bits per heavy atom. The molecule has 0 radical (unpaired) electrons. The number of hydrogen-bond donors (Lipinski definition) is 1. The molecule has 0 saturated heterocycles. The zero-order valence-electron chi connectivity index (χ0n) is 15.6. The van der Waals surface area contributed by atoms with Crippen molar-refractivity contribution in [3.8, 4) is 16.3 Å². The average Bonchev–Trinajstić information content (AvgIpc) is 3.21. The predicted molar refractivity (Wildman–Crippen MR) is 104 cm³/mol. The molecule has 1 amide bonds. The smallest absolute Gasteiger partial charge is 0.265 e. The minimum absolute atomic E-state index is 0.0717. The van der Waals surface area contributed by atoms with Crippen molar-refractivity contribution >= 4 is 17.2 Å². The molecule has 0 bridgehead atoms. The maximum Gasteiger partial charge on any atom is 0.265 e.